The lowest BCUT2D eigenvalue weighted by Gasteiger charge is -2.32. The lowest BCUT2D eigenvalue weighted by molar-refractivity contribution is -0.153. The summed E-state index contributed by atoms with van der Waals surface area (Å²) < 4.78 is 4.89. The van der Waals surface area contributed by atoms with Gasteiger partial charge in [0.15, 0.2) is 0 Å². The minimum atomic E-state index is -0.810. The number of likely N-dealkylation sites (N-methyl/N-ethyl adjacent to an activating group) is 3. The first-order valence-electron chi connectivity index (χ1n) is 10.3. The minimum absolute atomic E-state index is 0.192. The Morgan fingerprint density at radius 3 is 2.00 bits per heavy atom. The van der Waals surface area contributed by atoms with Crippen LogP contribution in [-0.4, -0.2) is 85.3 Å². The molecule has 8 nitrogen and oxygen atoms in total. The number of methoxy groups -OCH3 is 1. The number of amides is 3. The number of rotatable bonds is 10. The van der Waals surface area contributed by atoms with E-state index in [-0.39, 0.29) is 24.3 Å². The van der Waals surface area contributed by atoms with Gasteiger partial charge in [0.25, 0.3) is 0 Å². The quantitative estimate of drug-likeness (QED) is 0.523. The molecule has 2 atom stereocenters. The molecule has 0 bridgehead atoms. The zero-order valence-electron chi connectivity index (χ0n) is 19.6. The molecule has 1 aromatic rings. The molecule has 1 rings (SSSR count). The van der Waals surface area contributed by atoms with Crippen LogP contribution in [0.2, 0.25) is 0 Å². The van der Waals surface area contributed by atoms with Crippen molar-refractivity contribution < 1.29 is 23.9 Å². The molecule has 0 aliphatic carbocycles. The fourth-order valence-electron chi connectivity index (χ4n) is 3.26. The van der Waals surface area contributed by atoms with Gasteiger partial charge in [-0.15, -0.1) is 0 Å². The highest BCUT2D eigenvalue weighted by Gasteiger charge is 2.32. The zero-order chi connectivity index (χ0) is 23.7. The van der Waals surface area contributed by atoms with E-state index in [0.717, 1.165) is 5.56 Å². The first-order chi connectivity index (χ1) is 14.5. The third kappa shape index (κ3) is 7.70. The lowest BCUT2D eigenvalue weighted by Crippen LogP contribution is -2.52. The van der Waals surface area contributed by atoms with E-state index < -0.39 is 24.0 Å². The molecular formula is C23H35N3O5. The highest BCUT2D eigenvalue weighted by atomic mass is 16.5. The number of carbonyl (C=O) groups is 4. The van der Waals surface area contributed by atoms with Crippen molar-refractivity contribution in [3.05, 3.63) is 35.9 Å². The van der Waals surface area contributed by atoms with Crippen molar-refractivity contribution in [1.29, 1.82) is 0 Å². The Hall–Kier alpha value is -2.90. The van der Waals surface area contributed by atoms with Gasteiger partial charge in [0, 0.05) is 34.5 Å². The first kappa shape index (κ1) is 26.1. The fraction of sp³-hybridized carbons (Fsp3) is 0.565. The smallest absolute Gasteiger partial charge is 0.328 e. The number of carbonyl (C=O) groups excluding carboxylic acids is 4. The summed E-state index contributed by atoms with van der Waals surface area (Å²) >= 11 is 0. The molecule has 0 spiro atoms. The Balaban J connectivity index is 2.94. The van der Waals surface area contributed by atoms with Gasteiger partial charge in [0.05, 0.1) is 13.7 Å². The van der Waals surface area contributed by atoms with Crippen molar-refractivity contribution in [3.8, 4) is 0 Å². The molecule has 31 heavy (non-hydrogen) atoms. The maximum atomic E-state index is 13.0. The van der Waals surface area contributed by atoms with E-state index in [1.807, 2.05) is 44.2 Å². The average molecular weight is 434 g/mol. The summed E-state index contributed by atoms with van der Waals surface area (Å²) in [5.74, 6) is -1.26. The van der Waals surface area contributed by atoms with Crippen molar-refractivity contribution in [1.82, 2.24) is 14.7 Å². The van der Waals surface area contributed by atoms with Crippen LogP contribution in [0, 0.1) is 5.92 Å². The molecule has 0 aliphatic rings. The van der Waals surface area contributed by atoms with E-state index in [1.165, 1.54) is 42.8 Å². The number of esters is 1. The Labute approximate surface area is 185 Å². The van der Waals surface area contributed by atoms with E-state index in [1.54, 1.807) is 7.05 Å². The Morgan fingerprint density at radius 2 is 1.52 bits per heavy atom. The van der Waals surface area contributed by atoms with Gasteiger partial charge in [-0.2, -0.15) is 0 Å². The standard InChI is InChI=1S/C23H35N3O5/c1-16(2)13-19(25(5)17(3)27)22(29)24(4)15-21(28)26(6)20(23(30)31-7)14-18-11-9-8-10-12-18/h8-12,16,19-20H,13-15H2,1-7H3. The van der Waals surface area contributed by atoms with Crippen LogP contribution >= 0.6 is 0 Å². The Bertz CT molecular complexity index is 766. The van der Waals surface area contributed by atoms with Gasteiger partial charge < -0.3 is 19.4 Å². The van der Waals surface area contributed by atoms with Crippen LogP contribution in [0.1, 0.15) is 32.8 Å². The Kier molecular flexibility index (Phi) is 10.2. The van der Waals surface area contributed by atoms with E-state index >= 15 is 0 Å². The zero-order valence-corrected chi connectivity index (χ0v) is 19.6. The molecule has 2 unspecified atom stereocenters. The monoisotopic (exact) mass is 433 g/mol. The maximum absolute atomic E-state index is 13.0. The van der Waals surface area contributed by atoms with E-state index in [0.29, 0.717) is 12.8 Å². The van der Waals surface area contributed by atoms with Crippen molar-refractivity contribution >= 4 is 23.7 Å². The predicted octanol–water partition coefficient (Wildman–Crippen LogP) is 1.58. The van der Waals surface area contributed by atoms with Gasteiger partial charge in [-0.1, -0.05) is 44.2 Å². The summed E-state index contributed by atoms with van der Waals surface area (Å²) in [5.41, 5.74) is 0.891. The highest BCUT2D eigenvalue weighted by molar-refractivity contribution is 5.91. The topological polar surface area (TPSA) is 87.2 Å². The van der Waals surface area contributed by atoms with Gasteiger partial charge >= 0.3 is 5.97 Å². The van der Waals surface area contributed by atoms with Crippen LogP contribution in [0.5, 0.6) is 0 Å². The van der Waals surface area contributed by atoms with Gasteiger partial charge in [0.1, 0.15) is 12.1 Å². The summed E-state index contributed by atoms with van der Waals surface area (Å²) in [6, 6.07) is 7.88. The second-order valence-corrected chi connectivity index (χ2v) is 8.20. The summed E-state index contributed by atoms with van der Waals surface area (Å²) in [6.07, 6.45) is 0.790. The van der Waals surface area contributed by atoms with E-state index in [9.17, 15) is 19.2 Å². The largest absolute Gasteiger partial charge is 0.467 e. The van der Waals surface area contributed by atoms with Crippen LogP contribution in [0.15, 0.2) is 30.3 Å². The first-order valence-corrected chi connectivity index (χ1v) is 10.3. The van der Waals surface area contributed by atoms with Crippen molar-refractivity contribution in [2.75, 3.05) is 34.8 Å². The summed E-state index contributed by atoms with van der Waals surface area (Å²) in [4.78, 5) is 54.1. The molecule has 8 heteroatoms. The van der Waals surface area contributed by atoms with Crippen molar-refractivity contribution in [2.45, 2.75) is 45.7 Å². The molecule has 0 radical (unpaired) electrons. The molecule has 0 saturated carbocycles. The van der Waals surface area contributed by atoms with Crippen molar-refractivity contribution in [3.63, 3.8) is 0 Å². The normalized spacial score (nSPS) is 12.6. The van der Waals surface area contributed by atoms with Gasteiger partial charge in [-0.25, -0.2) is 4.79 Å². The van der Waals surface area contributed by atoms with Gasteiger partial charge in [-0.3, -0.25) is 14.4 Å². The second kappa shape index (κ2) is 12.1. The van der Waals surface area contributed by atoms with Crippen LogP contribution < -0.4 is 0 Å². The third-order valence-electron chi connectivity index (χ3n) is 5.30. The molecule has 172 valence electrons. The Morgan fingerprint density at radius 1 is 0.935 bits per heavy atom. The molecule has 0 saturated heterocycles. The summed E-state index contributed by atoms with van der Waals surface area (Å²) in [5, 5.41) is 0. The minimum Gasteiger partial charge on any atom is -0.467 e. The van der Waals surface area contributed by atoms with Crippen molar-refractivity contribution in [2.24, 2.45) is 5.92 Å². The summed E-state index contributed by atoms with van der Waals surface area (Å²) in [6.45, 7) is 5.14. The number of benzene rings is 1. The van der Waals surface area contributed by atoms with Gasteiger partial charge in [-0.05, 0) is 17.9 Å². The van der Waals surface area contributed by atoms with Crippen LogP contribution in [0.4, 0.5) is 0 Å². The number of nitrogens with zero attached hydrogens (tertiary/aromatic N) is 3. The van der Waals surface area contributed by atoms with Gasteiger partial charge in [0.2, 0.25) is 17.7 Å². The van der Waals surface area contributed by atoms with Crippen LogP contribution in [0.25, 0.3) is 0 Å². The summed E-state index contributed by atoms with van der Waals surface area (Å²) in [7, 11) is 5.92. The number of hydrogen-bond acceptors (Lipinski definition) is 5. The molecule has 3 amide bonds. The van der Waals surface area contributed by atoms with Crippen LogP contribution in [0.3, 0.4) is 0 Å². The maximum Gasteiger partial charge on any atom is 0.328 e. The molecule has 0 aliphatic heterocycles. The molecular weight excluding hydrogens is 398 g/mol. The second-order valence-electron chi connectivity index (χ2n) is 8.20. The van der Waals surface area contributed by atoms with E-state index in [2.05, 4.69) is 0 Å². The molecule has 0 fully saturated rings. The van der Waals surface area contributed by atoms with Crippen LogP contribution in [-0.2, 0) is 30.3 Å². The molecule has 0 heterocycles. The lowest BCUT2D eigenvalue weighted by atomic mass is 10.0. The third-order valence-corrected chi connectivity index (χ3v) is 5.30. The SMILES string of the molecule is COC(=O)C(Cc1ccccc1)N(C)C(=O)CN(C)C(=O)C(CC(C)C)N(C)C(C)=O. The molecule has 0 N–H and O–H groups in total. The highest BCUT2D eigenvalue weighted by Crippen LogP contribution is 2.14. The molecule has 0 aromatic heterocycles. The number of hydrogen-bond donors (Lipinski definition) is 0. The predicted molar refractivity (Wildman–Crippen MR) is 118 cm³/mol. The average Bonchev–Trinajstić information content (AvgIpc) is 2.74. The fourth-order valence-corrected chi connectivity index (χ4v) is 3.26. The molecule has 1 aromatic carbocycles. The number of ether oxygens (including phenoxy) is 1. The van der Waals surface area contributed by atoms with E-state index in [4.69, 9.17) is 4.74 Å².